The van der Waals surface area contributed by atoms with Gasteiger partial charge in [-0.2, -0.15) is 0 Å². The first-order valence-corrected chi connectivity index (χ1v) is 10.0. The molecule has 6 nitrogen and oxygen atoms in total. The molecule has 0 aromatic heterocycles. The lowest BCUT2D eigenvalue weighted by atomic mass is 10.1. The van der Waals surface area contributed by atoms with Crippen LogP contribution in [0.3, 0.4) is 0 Å². The Balaban J connectivity index is 1.56. The van der Waals surface area contributed by atoms with E-state index in [0.29, 0.717) is 0 Å². The molecule has 1 atom stereocenters. The number of fused-ring (bicyclic) bond motifs is 1. The molecule has 1 aliphatic heterocycles. The fourth-order valence-electron chi connectivity index (χ4n) is 2.99. The van der Waals surface area contributed by atoms with E-state index in [1.807, 2.05) is 55.5 Å². The van der Waals surface area contributed by atoms with Crippen molar-refractivity contribution in [3.8, 4) is 0 Å². The molecule has 3 rings (SSSR count). The van der Waals surface area contributed by atoms with Crippen LogP contribution in [0.15, 0.2) is 53.4 Å². The van der Waals surface area contributed by atoms with E-state index in [2.05, 4.69) is 10.6 Å². The fourth-order valence-corrected chi connectivity index (χ4v) is 4.09. The van der Waals surface area contributed by atoms with Gasteiger partial charge in [-0.1, -0.05) is 37.3 Å². The molecule has 146 valence electrons. The van der Waals surface area contributed by atoms with Gasteiger partial charge in [0.15, 0.2) is 0 Å². The number of nitrogens with zero attached hydrogens (tertiary/aromatic N) is 1. The Morgan fingerprint density at radius 2 is 1.86 bits per heavy atom. The Hall–Kier alpha value is -2.80. The van der Waals surface area contributed by atoms with Crippen molar-refractivity contribution in [2.45, 2.75) is 29.9 Å². The molecule has 0 unspecified atom stereocenters. The summed E-state index contributed by atoms with van der Waals surface area (Å²) in [5.74, 6) is -0.694. The summed E-state index contributed by atoms with van der Waals surface area (Å²) >= 11 is 1.38. The second kappa shape index (κ2) is 8.93. The molecular formula is C21H23N3O3S. The van der Waals surface area contributed by atoms with Crippen LogP contribution in [0.25, 0.3) is 0 Å². The maximum atomic E-state index is 12.5. The first kappa shape index (κ1) is 19.9. The highest BCUT2D eigenvalue weighted by molar-refractivity contribution is 8.01. The molecule has 0 saturated carbocycles. The van der Waals surface area contributed by atoms with E-state index >= 15 is 0 Å². The Bertz CT molecular complexity index is 900. The molecule has 28 heavy (non-hydrogen) atoms. The summed E-state index contributed by atoms with van der Waals surface area (Å²) < 4.78 is 0. The minimum atomic E-state index is -0.506. The Morgan fingerprint density at radius 3 is 2.64 bits per heavy atom. The van der Waals surface area contributed by atoms with Gasteiger partial charge in [0, 0.05) is 24.1 Å². The summed E-state index contributed by atoms with van der Waals surface area (Å²) in [6.07, 6.45) is 0.848. The molecule has 0 aliphatic carbocycles. The number of hydrogen-bond acceptors (Lipinski definition) is 4. The summed E-state index contributed by atoms with van der Waals surface area (Å²) in [6.45, 7) is 1.96. The summed E-state index contributed by atoms with van der Waals surface area (Å²) in [7, 11) is 1.58. The first-order chi connectivity index (χ1) is 13.5. The third-order valence-electron chi connectivity index (χ3n) is 4.55. The zero-order chi connectivity index (χ0) is 20.1. The van der Waals surface area contributed by atoms with E-state index in [-0.39, 0.29) is 30.7 Å². The van der Waals surface area contributed by atoms with Gasteiger partial charge in [0.25, 0.3) is 0 Å². The average Bonchev–Trinajstić information content (AvgIpc) is 2.68. The number of anilines is 2. The SMILES string of the molecule is CCc1ccccc1NC(=O)CN(C)C(=O)C[C@H]1Sc2ccccc2NC1=O. The first-order valence-electron chi connectivity index (χ1n) is 9.16. The van der Waals surface area contributed by atoms with Crippen molar-refractivity contribution in [2.75, 3.05) is 24.2 Å². The van der Waals surface area contributed by atoms with Crippen LogP contribution in [-0.2, 0) is 20.8 Å². The lowest BCUT2D eigenvalue weighted by Crippen LogP contribution is -2.39. The largest absolute Gasteiger partial charge is 0.336 e. The van der Waals surface area contributed by atoms with Crippen molar-refractivity contribution in [3.05, 3.63) is 54.1 Å². The van der Waals surface area contributed by atoms with Crippen molar-refractivity contribution >= 4 is 40.9 Å². The highest BCUT2D eigenvalue weighted by Gasteiger charge is 2.30. The predicted molar refractivity (Wildman–Crippen MR) is 111 cm³/mol. The average molecular weight is 398 g/mol. The zero-order valence-electron chi connectivity index (χ0n) is 15.9. The molecule has 0 fully saturated rings. The van der Waals surface area contributed by atoms with Gasteiger partial charge in [-0.05, 0) is 30.2 Å². The van der Waals surface area contributed by atoms with Gasteiger partial charge in [-0.3, -0.25) is 14.4 Å². The quantitative estimate of drug-likeness (QED) is 0.785. The molecular weight excluding hydrogens is 374 g/mol. The normalized spacial score (nSPS) is 15.4. The van der Waals surface area contributed by atoms with Crippen molar-refractivity contribution in [1.82, 2.24) is 4.90 Å². The second-order valence-corrected chi connectivity index (χ2v) is 7.85. The zero-order valence-corrected chi connectivity index (χ0v) is 16.7. The van der Waals surface area contributed by atoms with Crippen molar-refractivity contribution in [1.29, 1.82) is 0 Å². The molecule has 3 amide bonds. The molecule has 0 radical (unpaired) electrons. The van der Waals surface area contributed by atoms with Gasteiger partial charge in [0.2, 0.25) is 17.7 Å². The maximum absolute atomic E-state index is 12.5. The van der Waals surface area contributed by atoms with Crippen LogP contribution in [-0.4, -0.2) is 41.5 Å². The fraction of sp³-hybridized carbons (Fsp3) is 0.286. The maximum Gasteiger partial charge on any atom is 0.243 e. The lowest BCUT2D eigenvalue weighted by Gasteiger charge is -2.25. The Kier molecular flexibility index (Phi) is 6.36. The van der Waals surface area contributed by atoms with Gasteiger partial charge in [0.05, 0.1) is 17.5 Å². The molecule has 1 aliphatic rings. The Labute approximate surface area is 168 Å². The van der Waals surface area contributed by atoms with Crippen molar-refractivity contribution < 1.29 is 14.4 Å². The molecule has 7 heteroatoms. The number of carbonyl (C=O) groups is 3. The summed E-state index contributed by atoms with van der Waals surface area (Å²) in [5, 5.41) is 5.18. The molecule has 0 saturated heterocycles. The van der Waals surface area contributed by atoms with E-state index in [0.717, 1.165) is 28.3 Å². The molecule has 0 spiro atoms. The van der Waals surface area contributed by atoms with Crippen LogP contribution in [0.1, 0.15) is 18.9 Å². The summed E-state index contributed by atoms with van der Waals surface area (Å²) in [6, 6.07) is 15.1. The number of para-hydroxylation sites is 2. The van der Waals surface area contributed by atoms with Crippen molar-refractivity contribution in [3.63, 3.8) is 0 Å². The summed E-state index contributed by atoms with van der Waals surface area (Å²) in [4.78, 5) is 39.4. The number of rotatable bonds is 6. The number of nitrogens with one attached hydrogen (secondary N) is 2. The van der Waals surface area contributed by atoms with Gasteiger partial charge in [0.1, 0.15) is 0 Å². The molecule has 2 N–H and O–H groups in total. The minimum Gasteiger partial charge on any atom is -0.336 e. The van der Waals surface area contributed by atoms with E-state index in [4.69, 9.17) is 0 Å². The van der Waals surface area contributed by atoms with Crippen LogP contribution < -0.4 is 10.6 Å². The number of thioether (sulfide) groups is 1. The van der Waals surface area contributed by atoms with E-state index < -0.39 is 5.25 Å². The Morgan fingerprint density at radius 1 is 1.14 bits per heavy atom. The third kappa shape index (κ3) is 4.72. The second-order valence-electron chi connectivity index (χ2n) is 6.60. The van der Waals surface area contributed by atoms with Crippen LogP contribution in [0.5, 0.6) is 0 Å². The van der Waals surface area contributed by atoms with Crippen LogP contribution in [0.4, 0.5) is 11.4 Å². The van der Waals surface area contributed by atoms with Crippen LogP contribution in [0.2, 0.25) is 0 Å². The van der Waals surface area contributed by atoms with Gasteiger partial charge >= 0.3 is 0 Å². The number of hydrogen-bond donors (Lipinski definition) is 2. The number of likely N-dealkylation sites (N-methyl/N-ethyl adjacent to an activating group) is 1. The van der Waals surface area contributed by atoms with E-state index in [1.165, 1.54) is 16.7 Å². The number of aryl methyl sites for hydroxylation is 1. The van der Waals surface area contributed by atoms with Gasteiger partial charge in [-0.25, -0.2) is 0 Å². The topological polar surface area (TPSA) is 78.5 Å². The lowest BCUT2D eigenvalue weighted by molar-refractivity contribution is -0.134. The third-order valence-corrected chi connectivity index (χ3v) is 5.82. The van der Waals surface area contributed by atoms with Crippen LogP contribution >= 0.6 is 11.8 Å². The highest BCUT2D eigenvalue weighted by Crippen LogP contribution is 2.36. The smallest absolute Gasteiger partial charge is 0.243 e. The molecule has 1 heterocycles. The predicted octanol–water partition coefficient (Wildman–Crippen LogP) is 3.15. The standard InChI is InChI=1S/C21H23N3O3S/c1-3-14-8-4-5-9-15(14)22-19(25)13-24(2)20(26)12-18-21(27)23-16-10-6-7-11-17(16)28-18/h4-11,18H,3,12-13H2,1-2H3,(H,22,25)(H,23,27)/t18-/m1/s1. The number of amides is 3. The minimum absolute atomic E-state index is 0.0418. The molecule has 2 aromatic carbocycles. The van der Waals surface area contributed by atoms with Gasteiger partial charge in [-0.15, -0.1) is 11.8 Å². The van der Waals surface area contributed by atoms with Crippen molar-refractivity contribution in [2.24, 2.45) is 0 Å². The monoisotopic (exact) mass is 397 g/mol. The van der Waals surface area contributed by atoms with E-state index in [1.54, 1.807) is 7.05 Å². The molecule has 2 aromatic rings. The van der Waals surface area contributed by atoms with Crippen LogP contribution in [0, 0.1) is 0 Å². The molecule has 0 bridgehead atoms. The van der Waals surface area contributed by atoms with E-state index in [9.17, 15) is 14.4 Å². The van der Waals surface area contributed by atoms with Gasteiger partial charge < -0.3 is 15.5 Å². The summed E-state index contributed by atoms with van der Waals surface area (Å²) in [5.41, 5.74) is 2.57. The number of benzene rings is 2. The highest BCUT2D eigenvalue weighted by atomic mass is 32.2. The number of carbonyl (C=O) groups excluding carboxylic acids is 3.